The fourth-order valence-corrected chi connectivity index (χ4v) is 3.96. The molecule has 0 amide bonds. The predicted molar refractivity (Wildman–Crippen MR) is 87.3 cm³/mol. The van der Waals surface area contributed by atoms with Crippen LogP contribution >= 0.6 is 0 Å². The monoisotopic (exact) mass is 357 g/mol. The Morgan fingerprint density at radius 2 is 1.79 bits per heavy atom. The van der Waals surface area contributed by atoms with Gasteiger partial charge in [-0.1, -0.05) is 17.7 Å². The van der Waals surface area contributed by atoms with Gasteiger partial charge >= 0.3 is 5.97 Å². The first-order valence-electron chi connectivity index (χ1n) is 7.78. The van der Waals surface area contributed by atoms with Crippen LogP contribution in [0.4, 0.5) is 0 Å². The molecule has 7 nitrogen and oxygen atoms in total. The number of aliphatic carboxylic acids is 1. The number of aliphatic hydroxyl groups is 1. The Hall–Kier alpha value is -1.48. The summed E-state index contributed by atoms with van der Waals surface area (Å²) in [6, 6.07) is 6.43. The number of benzene rings is 1. The van der Waals surface area contributed by atoms with E-state index in [1.165, 1.54) is 12.1 Å². The fraction of sp³-hybridized carbons (Fsp3) is 0.562. The van der Waals surface area contributed by atoms with Gasteiger partial charge in [-0.15, -0.1) is 0 Å². The second kappa shape index (κ2) is 7.18. The Labute approximate surface area is 141 Å². The van der Waals surface area contributed by atoms with Crippen molar-refractivity contribution in [1.82, 2.24) is 4.90 Å². The number of carbonyl (C=O) groups is 1. The fourth-order valence-electron chi connectivity index (χ4n) is 3.48. The molecule has 2 aliphatic heterocycles. The Kier molecular flexibility index (Phi) is 5.64. The molecule has 4 unspecified atom stereocenters. The van der Waals surface area contributed by atoms with Gasteiger partial charge in [-0.25, -0.2) is 0 Å². The van der Waals surface area contributed by atoms with Crippen molar-refractivity contribution in [2.24, 2.45) is 5.92 Å². The van der Waals surface area contributed by atoms with Crippen LogP contribution < -0.4 is 0 Å². The molecule has 3 N–H and O–H groups in total. The molecule has 4 atom stereocenters. The lowest BCUT2D eigenvalue weighted by Crippen LogP contribution is -2.51. The first-order chi connectivity index (χ1) is 11.1. The van der Waals surface area contributed by atoms with E-state index in [4.69, 9.17) is 9.66 Å². The zero-order chi connectivity index (χ0) is 18.1. The number of carboxylic acids is 1. The zero-order valence-corrected chi connectivity index (χ0v) is 14.5. The molecule has 2 aliphatic rings. The third-order valence-electron chi connectivity index (χ3n) is 4.84. The van der Waals surface area contributed by atoms with Crippen LogP contribution in [0, 0.1) is 12.8 Å². The number of piperidine rings is 1. The lowest BCUT2D eigenvalue weighted by Gasteiger charge is -2.38. The summed E-state index contributed by atoms with van der Waals surface area (Å²) in [6.07, 6.45) is 1.91. The van der Waals surface area contributed by atoms with Gasteiger partial charge in [0.1, 0.15) is 0 Å². The van der Waals surface area contributed by atoms with Gasteiger partial charge in [0.05, 0.1) is 16.9 Å². The highest BCUT2D eigenvalue weighted by molar-refractivity contribution is 7.85. The second-order valence-corrected chi connectivity index (χ2v) is 7.84. The molecule has 2 bridgehead atoms. The number of rotatable bonds is 2. The number of aryl methyl sites for hydroxylation is 1. The minimum absolute atomic E-state index is 0.0475. The average Bonchev–Trinajstić information content (AvgIpc) is 2.71. The highest BCUT2D eigenvalue weighted by Crippen LogP contribution is 2.38. The van der Waals surface area contributed by atoms with E-state index in [1.54, 1.807) is 12.1 Å². The van der Waals surface area contributed by atoms with E-state index in [2.05, 4.69) is 4.90 Å². The molecule has 0 saturated carbocycles. The third-order valence-corrected chi connectivity index (χ3v) is 5.71. The summed E-state index contributed by atoms with van der Waals surface area (Å²) in [7, 11) is -2.06. The quantitative estimate of drug-likeness (QED) is 0.680. The minimum atomic E-state index is -4.02. The summed E-state index contributed by atoms with van der Waals surface area (Å²) in [5, 5.41) is 18.6. The van der Waals surface area contributed by atoms with Crippen LogP contribution in [0.5, 0.6) is 0 Å². The van der Waals surface area contributed by atoms with Gasteiger partial charge in [-0.2, -0.15) is 8.42 Å². The standard InChI is InChI=1S/C9H15NO3.C7H8O3S/c1-10-5-2-3-6(10)8(9(12)13)7(11)4-5;1-6-2-4-7(5-3-6)11(8,9)10/h5-8,11H,2-4H2,1H3,(H,12,13);2-5H,1H3,(H,8,9,10). The molecule has 0 spiro atoms. The van der Waals surface area contributed by atoms with Gasteiger partial charge in [0.15, 0.2) is 0 Å². The molecule has 0 aliphatic carbocycles. The van der Waals surface area contributed by atoms with Crippen LogP contribution in [0.25, 0.3) is 0 Å². The van der Waals surface area contributed by atoms with Gasteiger partial charge in [0, 0.05) is 12.1 Å². The van der Waals surface area contributed by atoms with Gasteiger partial charge in [0.25, 0.3) is 10.1 Å². The van der Waals surface area contributed by atoms with Crippen molar-refractivity contribution in [3.8, 4) is 0 Å². The lowest BCUT2D eigenvalue weighted by molar-refractivity contribution is -0.151. The minimum Gasteiger partial charge on any atom is -0.481 e. The molecule has 2 fully saturated rings. The number of carboxylic acid groups (broad SMARTS) is 1. The molecule has 2 heterocycles. The van der Waals surface area contributed by atoms with Crippen molar-refractivity contribution >= 4 is 16.1 Å². The van der Waals surface area contributed by atoms with Crippen molar-refractivity contribution in [3.05, 3.63) is 29.8 Å². The van der Waals surface area contributed by atoms with Crippen LogP contribution in [0.1, 0.15) is 24.8 Å². The largest absolute Gasteiger partial charge is 0.481 e. The lowest BCUT2D eigenvalue weighted by atomic mass is 9.88. The van der Waals surface area contributed by atoms with Crippen molar-refractivity contribution in [2.75, 3.05) is 7.05 Å². The zero-order valence-electron chi connectivity index (χ0n) is 13.7. The van der Waals surface area contributed by atoms with Crippen LogP contribution in [-0.2, 0) is 14.9 Å². The van der Waals surface area contributed by atoms with E-state index in [-0.39, 0.29) is 10.9 Å². The summed E-state index contributed by atoms with van der Waals surface area (Å²) >= 11 is 0. The van der Waals surface area contributed by atoms with E-state index in [1.807, 2.05) is 14.0 Å². The number of fused-ring (bicyclic) bond motifs is 2. The summed E-state index contributed by atoms with van der Waals surface area (Å²) in [4.78, 5) is 13.0. The summed E-state index contributed by atoms with van der Waals surface area (Å²) < 4.78 is 29.6. The maximum atomic E-state index is 10.9. The Morgan fingerprint density at radius 1 is 1.21 bits per heavy atom. The predicted octanol–water partition coefficient (Wildman–Crippen LogP) is 1.16. The number of hydrogen-bond donors (Lipinski definition) is 3. The van der Waals surface area contributed by atoms with Crippen molar-refractivity contribution in [1.29, 1.82) is 0 Å². The first kappa shape index (κ1) is 18.9. The maximum Gasteiger partial charge on any atom is 0.310 e. The van der Waals surface area contributed by atoms with E-state index in [0.29, 0.717) is 12.5 Å². The molecular formula is C16H23NO6S. The van der Waals surface area contributed by atoms with Gasteiger partial charge in [-0.05, 0) is 45.4 Å². The van der Waals surface area contributed by atoms with Gasteiger partial charge < -0.3 is 10.2 Å². The molecule has 24 heavy (non-hydrogen) atoms. The first-order valence-corrected chi connectivity index (χ1v) is 9.22. The van der Waals surface area contributed by atoms with Crippen LogP contribution in [-0.4, -0.2) is 59.3 Å². The van der Waals surface area contributed by atoms with E-state index >= 15 is 0 Å². The summed E-state index contributed by atoms with van der Waals surface area (Å²) in [5.41, 5.74) is 0.956. The van der Waals surface area contributed by atoms with Gasteiger partial charge in [0.2, 0.25) is 0 Å². The summed E-state index contributed by atoms with van der Waals surface area (Å²) in [6.45, 7) is 1.84. The van der Waals surface area contributed by atoms with E-state index in [9.17, 15) is 18.3 Å². The molecule has 8 heteroatoms. The van der Waals surface area contributed by atoms with Crippen LogP contribution in [0.3, 0.4) is 0 Å². The smallest absolute Gasteiger partial charge is 0.310 e. The molecular weight excluding hydrogens is 334 g/mol. The van der Waals surface area contributed by atoms with Crippen molar-refractivity contribution in [3.63, 3.8) is 0 Å². The van der Waals surface area contributed by atoms with Gasteiger partial charge in [-0.3, -0.25) is 14.2 Å². The second-order valence-electron chi connectivity index (χ2n) is 6.42. The van der Waals surface area contributed by atoms with Crippen LogP contribution in [0.15, 0.2) is 29.2 Å². The molecule has 1 aromatic rings. The highest BCUT2D eigenvalue weighted by atomic mass is 32.2. The maximum absolute atomic E-state index is 10.9. The average molecular weight is 357 g/mol. The molecule has 0 radical (unpaired) electrons. The topological polar surface area (TPSA) is 115 Å². The Bertz CT molecular complexity index is 687. The van der Waals surface area contributed by atoms with E-state index < -0.39 is 28.1 Å². The number of hydrogen-bond acceptors (Lipinski definition) is 5. The molecule has 3 rings (SSSR count). The molecule has 2 saturated heterocycles. The van der Waals surface area contributed by atoms with Crippen molar-refractivity contribution < 1.29 is 28.0 Å². The number of aliphatic hydroxyl groups excluding tert-OH is 1. The SMILES string of the molecule is CN1C2CCC1C(C(=O)O)C(O)C2.Cc1ccc(S(=O)(=O)O)cc1. The normalized spacial score (nSPS) is 29.7. The molecule has 0 aromatic heterocycles. The van der Waals surface area contributed by atoms with Crippen LogP contribution in [0.2, 0.25) is 0 Å². The Morgan fingerprint density at radius 3 is 2.29 bits per heavy atom. The molecule has 134 valence electrons. The van der Waals surface area contributed by atoms with Crippen molar-refractivity contribution in [2.45, 2.75) is 49.3 Å². The molecule has 1 aromatic carbocycles. The Balaban J connectivity index is 0.000000177. The summed E-state index contributed by atoms with van der Waals surface area (Å²) in [5.74, 6) is -1.44. The van der Waals surface area contributed by atoms with E-state index in [0.717, 1.165) is 18.4 Å². The number of nitrogens with zero attached hydrogens (tertiary/aromatic N) is 1. The highest BCUT2D eigenvalue weighted by Gasteiger charge is 2.48. The third kappa shape index (κ3) is 4.13.